The summed E-state index contributed by atoms with van der Waals surface area (Å²) < 4.78 is 13.0. The summed E-state index contributed by atoms with van der Waals surface area (Å²) >= 11 is 0. The summed E-state index contributed by atoms with van der Waals surface area (Å²) in [6, 6.07) is 23.0. The van der Waals surface area contributed by atoms with E-state index in [4.69, 9.17) is 9.16 Å². The lowest BCUT2D eigenvalue weighted by molar-refractivity contribution is -0.0587. The average molecular weight is 366 g/mol. The lowest BCUT2D eigenvalue weighted by Gasteiger charge is -2.41. The third-order valence-corrected chi connectivity index (χ3v) is 6.22. The van der Waals surface area contributed by atoms with Crippen molar-refractivity contribution in [1.29, 1.82) is 5.26 Å². The molecule has 1 unspecified atom stereocenters. The average Bonchev–Trinajstić information content (AvgIpc) is 3.13. The highest BCUT2D eigenvalue weighted by Gasteiger charge is 2.47. The van der Waals surface area contributed by atoms with E-state index in [1.807, 2.05) is 36.4 Å². The van der Waals surface area contributed by atoms with Crippen molar-refractivity contribution in [2.45, 2.75) is 56.5 Å². The molecule has 3 rings (SSSR count). The molecular formula is C22H27NO2Si. The monoisotopic (exact) mass is 365 g/mol. The molecule has 0 saturated carbocycles. The number of hydrogen-bond acceptors (Lipinski definition) is 3. The maximum atomic E-state index is 9.34. The molecule has 2 aromatic rings. The molecule has 1 aliphatic rings. The molecule has 0 aromatic heterocycles. The van der Waals surface area contributed by atoms with Gasteiger partial charge >= 0.3 is 0 Å². The van der Waals surface area contributed by atoms with E-state index in [0.717, 1.165) is 24.0 Å². The Hall–Kier alpha value is -1.93. The maximum Gasteiger partial charge on any atom is 0.168 e. The molecule has 0 N–H and O–H groups in total. The SMILES string of the molecule is CC(C)(C)[SiH2]OC(c1ccccc1)(c1ccccc1)C1CC[C@H](C#N)O1. The van der Waals surface area contributed by atoms with Gasteiger partial charge in [-0.15, -0.1) is 0 Å². The van der Waals surface area contributed by atoms with E-state index in [1.165, 1.54) is 0 Å². The third kappa shape index (κ3) is 3.91. The first-order chi connectivity index (χ1) is 12.5. The highest BCUT2D eigenvalue weighted by Crippen LogP contribution is 2.44. The zero-order valence-electron chi connectivity index (χ0n) is 15.8. The van der Waals surface area contributed by atoms with Crippen molar-refractivity contribution in [1.82, 2.24) is 0 Å². The summed E-state index contributed by atoms with van der Waals surface area (Å²) in [7, 11) is -0.862. The van der Waals surface area contributed by atoms with Crippen molar-refractivity contribution < 1.29 is 9.16 Å². The zero-order valence-corrected chi connectivity index (χ0v) is 17.2. The van der Waals surface area contributed by atoms with E-state index in [2.05, 4.69) is 51.1 Å². The summed E-state index contributed by atoms with van der Waals surface area (Å²) in [4.78, 5) is 0. The van der Waals surface area contributed by atoms with Crippen molar-refractivity contribution in [3.63, 3.8) is 0 Å². The smallest absolute Gasteiger partial charge is 0.168 e. The van der Waals surface area contributed by atoms with Crippen molar-refractivity contribution >= 4 is 9.76 Å². The van der Waals surface area contributed by atoms with Crippen LogP contribution in [0.3, 0.4) is 0 Å². The minimum Gasteiger partial charge on any atom is -0.408 e. The minimum atomic E-state index is -0.862. The Kier molecular flexibility index (Phi) is 5.62. The Bertz CT molecular complexity index is 710. The van der Waals surface area contributed by atoms with Crippen LogP contribution in [0.1, 0.15) is 44.7 Å². The van der Waals surface area contributed by atoms with E-state index in [0.29, 0.717) is 0 Å². The highest BCUT2D eigenvalue weighted by atomic mass is 28.2. The van der Waals surface area contributed by atoms with Gasteiger partial charge in [0.2, 0.25) is 0 Å². The van der Waals surface area contributed by atoms with Crippen molar-refractivity contribution in [3.8, 4) is 6.07 Å². The molecular weight excluding hydrogens is 338 g/mol. The van der Waals surface area contributed by atoms with Crippen LogP contribution in [0.2, 0.25) is 5.04 Å². The quantitative estimate of drug-likeness (QED) is 0.741. The van der Waals surface area contributed by atoms with Crippen LogP contribution >= 0.6 is 0 Å². The van der Waals surface area contributed by atoms with Crippen LogP contribution in [0.4, 0.5) is 0 Å². The fraction of sp³-hybridized carbons (Fsp3) is 0.409. The standard InChI is InChI=1S/C22H27NO2Si/c1-21(2,3)26-25-22(17-10-6-4-7-11-17,18-12-8-5-9-13-18)20-15-14-19(16-23)24-20/h4-13,19-20H,14-15,26H2,1-3H3/t19-,20?/m1/s1. The molecule has 1 saturated heterocycles. The Morgan fingerprint density at radius 1 is 0.962 bits per heavy atom. The van der Waals surface area contributed by atoms with Crippen LogP contribution in [-0.4, -0.2) is 22.0 Å². The molecule has 1 aliphatic heterocycles. The van der Waals surface area contributed by atoms with Gasteiger partial charge in [-0.25, -0.2) is 0 Å². The third-order valence-electron chi connectivity index (χ3n) is 4.76. The largest absolute Gasteiger partial charge is 0.408 e. The molecule has 4 heteroatoms. The van der Waals surface area contributed by atoms with Crippen LogP contribution in [0.15, 0.2) is 60.7 Å². The van der Waals surface area contributed by atoms with Crippen LogP contribution < -0.4 is 0 Å². The Morgan fingerprint density at radius 3 is 1.92 bits per heavy atom. The fourth-order valence-electron chi connectivity index (χ4n) is 3.53. The number of nitriles is 1. The van der Waals surface area contributed by atoms with Gasteiger partial charge in [0.25, 0.3) is 0 Å². The highest BCUT2D eigenvalue weighted by molar-refractivity contribution is 6.32. The van der Waals surface area contributed by atoms with Gasteiger partial charge in [0, 0.05) is 0 Å². The van der Waals surface area contributed by atoms with E-state index in [-0.39, 0.29) is 17.2 Å². The number of benzene rings is 2. The molecule has 0 spiro atoms. The Balaban J connectivity index is 2.13. The minimum absolute atomic E-state index is 0.155. The maximum absolute atomic E-state index is 9.34. The first-order valence-corrected chi connectivity index (χ1v) is 10.5. The van der Waals surface area contributed by atoms with Crippen LogP contribution in [-0.2, 0) is 14.8 Å². The lowest BCUT2D eigenvalue weighted by Crippen LogP contribution is -2.45. The zero-order chi connectivity index (χ0) is 18.6. The number of ether oxygens (including phenoxy) is 1. The van der Waals surface area contributed by atoms with Gasteiger partial charge in [0.15, 0.2) is 9.76 Å². The predicted molar refractivity (Wildman–Crippen MR) is 107 cm³/mol. The molecule has 0 bridgehead atoms. The molecule has 0 radical (unpaired) electrons. The van der Waals surface area contributed by atoms with Crippen LogP contribution in [0.25, 0.3) is 0 Å². The van der Waals surface area contributed by atoms with E-state index in [9.17, 15) is 5.26 Å². The van der Waals surface area contributed by atoms with Crippen molar-refractivity contribution in [2.24, 2.45) is 0 Å². The van der Waals surface area contributed by atoms with Crippen LogP contribution in [0, 0.1) is 11.3 Å². The summed E-state index contributed by atoms with van der Waals surface area (Å²) in [5, 5.41) is 9.50. The molecule has 26 heavy (non-hydrogen) atoms. The molecule has 136 valence electrons. The molecule has 3 nitrogen and oxygen atoms in total. The number of nitrogens with zero attached hydrogens (tertiary/aromatic N) is 1. The fourth-order valence-corrected chi connectivity index (χ4v) is 4.71. The second-order valence-corrected chi connectivity index (χ2v) is 10.8. The lowest BCUT2D eigenvalue weighted by atomic mass is 9.80. The van der Waals surface area contributed by atoms with Gasteiger partial charge in [0.05, 0.1) is 12.2 Å². The van der Waals surface area contributed by atoms with E-state index >= 15 is 0 Å². The Morgan fingerprint density at radius 2 is 1.50 bits per heavy atom. The molecule has 1 fully saturated rings. The molecule has 2 aromatic carbocycles. The van der Waals surface area contributed by atoms with Gasteiger partial charge in [-0.3, -0.25) is 0 Å². The van der Waals surface area contributed by atoms with Crippen molar-refractivity contribution in [3.05, 3.63) is 71.8 Å². The number of rotatable bonds is 5. The van der Waals surface area contributed by atoms with Gasteiger partial charge in [-0.1, -0.05) is 81.4 Å². The van der Waals surface area contributed by atoms with E-state index in [1.54, 1.807) is 0 Å². The van der Waals surface area contributed by atoms with Crippen LogP contribution in [0.5, 0.6) is 0 Å². The van der Waals surface area contributed by atoms with Gasteiger partial charge in [-0.05, 0) is 29.0 Å². The topological polar surface area (TPSA) is 42.2 Å². The second-order valence-electron chi connectivity index (χ2n) is 8.14. The van der Waals surface area contributed by atoms with Crippen molar-refractivity contribution in [2.75, 3.05) is 0 Å². The van der Waals surface area contributed by atoms with E-state index < -0.39 is 15.4 Å². The molecule has 0 aliphatic carbocycles. The first kappa shape index (κ1) is 18.8. The predicted octanol–water partition coefficient (Wildman–Crippen LogP) is 4.32. The number of hydrogen-bond donors (Lipinski definition) is 0. The summed E-state index contributed by atoms with van der Waals surface area (Å²) in [6.07, 6.45) is 1.06. The first-order valence-electron chi connectivity index (χ1n) is 9.26. The molecule has 1 heterocycles. The summed E-state index contributed by atoms with van der Waals surface area (Å²) in [6.45, 7) is 6.69. The summed E-state index contributed by atoms with van der Waals surface area (Å²) in [5.41, 5.74) is 1.55. The Labute approximate surface area is 158 Å². The van der Waals surface area contributed by atoms with Gasteiger partial charge in [0.1, 0.15) is 11.7 Å². The van der Waals surface area contributed by atoms with Gasteiger partial charge < -0.3 is 9.16 Å². The normalized spacial score (nSPS) is 21.2. The molecule has 2 atom stereocenters. The second kappa shape index (κ2) is 7.75. The summed E-state index contributed by atoms with van der Waals surface area (Å²) in [5.74, 6) is 0. The molecule has 0 amide bonds. The van der Waals surface area contributed by atoms with Gasteiger partial charge in [-0.2, -0.15) is 5.26 Å².